The summed E-state index contributed by atoms with van der Waals surface area (Å²) in [5.74, 6) is 0.554. The average Bonchev–Trinajstić information content (AvgIpc) is 2.40. The second-order valence-corrected chi connectivity index (χ2v) is 4.48. The number of hydrogen-bond acceptors (Lipinski definition) is 2. The van der Waals surface area contributed by atoms with E-state index in [0.29, 0.717) is 18.1 Å². The normalized spacial score (nSPS) is 10.7. The van der Waals surface area contributed by atoms with Crippen LogP contribution in [0.15, 0.2) is 24.3 Å². The molecule has 0 bridgehead atoms. The first-order valence-corrected chi connectivity index (χ1v) is 6.57. The zero-order chi connectivity index (χ0) is 13.4. The van der Waals surface area contributed by atoms with Crippen LogP contribution in [-0.2, 0) is 11.3 Å². The maximum Gasteiger partial charge on any atom is 0.251 e. The molecule has 0 heterocycles. The highest BCUT2D eigenvalue weighted by atomic mass is 16.5. The number of benzene rings is 1. The first-order chi connectivity index (χ1) is 8.72. The number of hydrogen-bond donors (Lipinski definition) is 1. The maximum absolute atomic E-state index is 12.1. The van der Waals surface area contributed by atoms with E-state index >= 15 is 0 Å². The van der Waals surface area contributed by atoms with Gasteiger partial charge in [-0.15, -0.1) is 0 Å². The molecule has 0 aliphatic heterocycles. The Morgan fingerprint density at radius 3 is 2.56 bits per heavy atom. The maximum atomic E-state index is 12.1. The van der Waals surface area contributed by atoms with E-state index in [-0.39, 0.29) is 5.91 Å². The lowest BCUT2D eigenvalue weighted by molar-refractivity contribution is 0.0941. The van der Waals surface area contributed by atoms with E-state index in [9.17, 15) is 4.79 Å². The van der Waals surface area contributed by atoms with Gasteiger partial charge in [0.2, 0.25) is 0 Å². The van der Waals surface area contributed by atoms with Crippen molar-refractivity contribution in [2.24, 2.45) is 5.92 Å². The highest BCUT2D eigenvalue weighted by Crippen LogP contribution is 2.11. The summed E-state index contributed by atoms with van der Waals surface area (Å²) in [5, 5.41) is 3.01. The fraction of sp³-hybridized carbons (Fsp3) is 0.533. The van der Waals surface area contributed by atoms with Crippen LogP contribution in [0.3, 0.4) is 0 Å². The lowest BCUT2D eigenvalue weighted by Crippen LogP contribution is -2.29. The van der Waals surface area contributed by atoms with Gasteiger partial charge in [0.25, 0.3) is 5.91 Å². The molecule has 0 saturated heterocycles. The first kappa shape index (κ1) is 14.7. The van der Waals surface area contributed by atoms with E-state index in [4.69, 9.17) is 4.74 Å². The highest BCUT2D eigenvalue weighted by Gasteiger charge is 2.12. The highest BCUT2D eigenvalue weighted by molar-refractivity contribution is 5.95. The van der Waals surface area contributed by atoms with Crippen LogP contribution < -0.4 is 5.32 Å². The molecule has 0 radical (unpaired) electrons. The Morgan fingerprint density at radius 2 is 1.94 bits per heavy atom. The van der Waals surface area contributed by atoms with Crippen molar-refractivity contribution >= 4 is 5.91 Å². The SMILES string of the molecule is CCC(CC)CNC(=O)c1ccccc1COC. The summed E-state index contributed by atoms with van der Waals surface area (Å²) >= 11 is 0. The molecule has 100 valence electrons. The summed E-state index contributed by atoms with van der Waals surface area (Å²) in [7, 11) is 1.64. The minimum atomic E-state index is -0.00505. The number of rotatable bonds is 7. The molecule has 0 aliphatic rings. The monoisotopic (exact) mass is 249 g/mol. The van der Waals surface area contributed by atoms with Gasteiger partial charge in [-0.3, -0.25) is 4.79 Å². The summed E-state index contributed by atoms with van der Waals surface area (Å²) in [6.07, 6.45) is 2.19. The Kier molecular flexibility index (Phi) is 6.44. The van der Waals surface area contributed by atoms with Gasteiger partial charge in [0.1, 0.15) is 0 Å². The van der Waals surface area contributed by atoms with Crippen LogP contribution in [0, 0.1) is 5.92 Å². The molecule has 0 saturated carbocycles. The fourth-order valence-corrected chi connectivity index (χ4v) is 1.93. The standard InChI is InChI=1S/C15H23NO2/c1-4-12(5-2)10-16-15(17)14-9-7-6-8-13(14)11-18-3/h6-9,12H,4-5,10-11H2,1-3H3,(H,16,17). The van der Waals surface area contributed by atoms with Crippen LogP contribution in [0.1, 0.15) is 42.6 Å². The number of amides is 1. The van der Waals surface area contributed by atoms with Gasteiger partial charge in [-0.1, -0.05) is 44.9 Å². The third kappa shape index (κ3) is 4.15. The first-order valence-electron chi connectivity index (χ1n) is 6.57. The van der Waals surface area contributed by atoms with E-state index < -0.39 is 0 Å². The lowest BCUT2D eigenvalue weighted by atomic mass is 10.0. The Bertz CT molecular complexity index is 373. The second kappa shape index (κ2) is 7.88. The Morgan fingerprint density at radius 1 is 1.28 bits per heavy atom. The number of carbonyl (C=O) groups excluding carboxylic acids is 1. The zero-order valence-electron chi connectivity index (χ0n) is 11.5. The van der Waals surface area contributed by atoms with Crippen molar-refractivity contribution in [3.63, 3.8) is 0 Å². The van der Waals surface area contributed by atoms with E-state index in [1.54, 1.807) is 7.11 Å². The van der Waals surface area contributed by atoms with Crippen molar-refractivity contribution in [1.29, 1.82) is 0 Å². The third-order valence-electron chi connectivity index (χ3n) is 3.27. The molecule has 0 aromatic heterocycles. The second-order valence-electron chi connectivity index (χ2n) is 4.48. The molecule has 0 fully saturated rings. The van der Waals surface area contributed by atoms with Crippen molar-refractivity contribution in [1.82, 2.24) is 5.32 Å². The van der Waals surface area contributed by atoms with Gasteiger partial charge >= 0.3 is 0 Å². The molecule has 3 nitrogen and oxygen atoms in total. The largest absolute Gasteiger partial charge is 0.380 e. The molecular weight excluding hydrogens is 226 g/mol. The molecule has 1 aromatic rings. The van der Waals surface area contributed by atoms with Crippen LogP contribution in [0.5, 0.6) is 0 Å². The van der Waals surface area contributed by atoms with Crippen molar-refractivity contribution in [3.05, 3.63) is 35.4 Å². The van der Waals surface area contributed by atoms with Crippen molar-refractivity contribution in [2.75, 3.05) is 13.7 Å². The quantitative estimate of drug-likeness (QED) is 0.806. The predicted octanol–water partition coefficient (Wildman–Crippen LogP) is 3.00. The Labute approximate surface area is 110 Å². The van der Waals surface area contributed by atoms with Gasteiger partial charge in [-0.05, 0) is 17.5 Å². The molecule has 18 heavy (non-hydrogen) atoms. The molecular formula is C15H23NO2. The summed E-state index contributed by atoms with van der Waals surface area (Å²) in [4.78, 5) is 12.1. The molecule has 1 aromatic carbocycles. The summed E-state index contributed by atoms with van der Waals surface area (Å²) in [5.41, 5.74) is 1.65. The summed E-state index contributed by atoms with van der Waals surface area (Å²) < 4.78 is 5.11. The van der Waals surface area contributed by atoms with Crippen LogP contribution in [0.25, 0.3) is 0 Å². The zero-order valence-corrected chi connectivity index (χ0v) is 11.5. The topological polar surface area (TPSA) is 38.3 Å². The van der Waals surface area contributed by atoms with Gasteiger partial charge in [0, 0.05) is 19.2 Å². The number of ether oxygens (including phenoxy) is 1. The van der Waals surface area contributed by atoms with Crippen LogP contribution in [-0.4, -0.2) is 19.6 Å². The van der Waals surface area contributed by atoms with Gasteiger partial charge in [-0.25, -0.2) is 0 Å². The van der Waals surface area contributed by atoms with Crippen LogP contribution >= 0.6 is 0 Å². The fourth-order valence-electron chi connectivity index (χ4n) is 1.93. The third-order valence-corrected chi connectivity index (χ3v) is 3.27. The minimum Gasteiger partial charge on any atom is -0.380 e. The molecule has 1 N–H and O–H groups in total. The average molecular weight is 249 g/mol. The van der Waals surface area contributed by atoms with Crippen LogP contribution in [0.4, 0.5) is 0 Å². The smallest absolute Gasteiger partial charge is 0.251 e. The van der Waals surface area contributed by atoms with Crippen molar-refractivity contribution in [3.8, 4) is 0 Å². The molecule has 1 rings (SSSR count). The Balaban J connectivity index is 2.66. The van der Waals surface area contributed by atoms with Gasteiger partial charge in [-0.2, -0.15) is 0 Å². The summed E-state index contributed by atoms with van der Waals surface area (Å²) in [6, 6.07) is 7.57. The van der Waals surface area contributed by atoms with E-state index in [1.165, 1.54) is 0 Å². The van der Waals surface area contributed by atoms with Gasteiger partial charge < -0.3 is 10.1 Å². The van der Waals surface area contributed by atoms with Crippen molar-refractivity contribution < 1.29 is 9.53 Å². The van der Waals surface area contributed by atoms with E-state index in [0.717, 1.165) is 24.9 Å². The van der Waals surface area contributed by atoms with Gasteiger partial charge in [0.05, 0.1) is 6.61 Å². The molecule has 3 heteroatoms. The summed E-state index contributed by atoms with van der Waals surface area (Å²) in [6.45, 7) is 5.51. The van der Waals surface area contributed by atoms with E-state index in [1.807, 2.05) is 24.3 Å². The van der Waals surface area contributed by atoms with Gasteiger partial charge in [0.15, 0.2) is 0 Å². The molecule has 0 atom stereocenters. The molecule has 0 spiro atoms. The molecule has 0 aliphatic carbocycles. The van der Waals surface area contributed by atoms with Crippen LogP contribution in [0.2, 0.25) is 0 Å². The number of carbonyl (C=O) groups is 1. The molecule has 0 unspecified atom stereocenters. The van der Waals surface area contributed by atoms with E-state index in [2.05, 4.69) is 19.2 Å². The number of nitrogens with one attached hydrogen (secondary N) is 1. The van der Waals surface area contributed by atoms with Crippen molar-refractivity contribution in [2.45, 2.75) is 33.3 Å². The minimum absolute atomic E-state index is 0.00505. The molecule has 1 amide bonds. The Hall–Kier alpha value is -1.35. The predicted molar refractivity (Wildman–Crippen MR) is 73.6 cm³/mol. The number of methoxy groups -OCH3 is 1. The lowest BCUT2D eigenvalue weighted by Gasteiger charge is -2.14.